The zero-order chi connectivity index (χ0) is 18.7. The fourth-order valence-electron chi connectivity index (χ4n) is 4.93. The molecule has 148 valence electrons. The third-order valence-corrected chi connectivity index (χ3v) is 6.59. The Morgan fingerprint density at radius 3 is 2.81 bits per heavy atom. The molecule has 1 unspecified atom stereocenters. The van der Waals surface area contributed by atoms with E-state index in [1.807, 2.05) is 12.1 Å². The topological polar surface area (TPSA) is 51.7 Å². The van der Waals surface area contributed by atoms with Crippen LogP contribution >= 0.6 is 0 Å². The van der Waals surface area contributed by atoms with Crippen LogP contribution in [0.2, 0.25) is 0 Å². The number of hydrogen-bond acceptors (Lipinski definition) is 4. The molecule has 2 aliphatic heterocycles. The van der Waals surface area contributed by atoms with Crippen LogP contribution in [0.1, 0.15) is 63.4 Å². The predicted molar refractivity (Wildman–Crippen MR) is 104 cm³/mol. The van der Waals surface area contributed by atoms with Crippen molar-refractivity contribution in [2.75, 3.05) is 19.7 Å². The van der Waals surface area contributed by atoms with Crippen LogP contribution < -0.4 is 4.74 Å². The molecule has 1 aromatic heterocycles. The fraction of sp³-hybridized carbons (Fsp3) is 0.727. The molecule has 0 aromatic carbocycles. The lowest BCUT2D eigenvalue weighted by molar-refractivity contribution is -0.152. The van der Waals surface area contributed by atoms with Crippen molar-refractivity contribution in [1.29, 1.82) is 0 Å². The average Bonchev–Trinajstić information content (AvgIpc) is 3.15. The number of carbonyl (C=O) groups is 1. The summed E-state index contributed by atoms with van der Waals surface area (Å²) >= 11 is 0. The van der Waals surface area contributed by atoms with E-state index in [4.69, 9.17) is 9.47 Å². The van der Waals surface area contributed by atoms with E-state index in [1.54, 1.807) is 6.20 Å². The molecule has 0 N–H and O–H groups in total. The van der Waals surface area contributed by atoms with Crippen LogP contribution in [0.4, 0.5) is 0 Å². The van der Waals surface area contributed by atoms with Gasteiger partial charge < -0.3 is 14.4 Å². The second-order valence-electron chi connectivity index (χ2n) is 8.67. The Hall–Kier alpha value is -1.62. The monoisotopic (exact) mass is 372 g/mol. The second kappa shape index (κ2) is 8.17. The number of amides is 1. The number of pyridine rings is 1. The van der Waals surface area contributed by atoms with Gasteiger partial charge in [0.05, 0.1) is 12.2 Å². The highest BCUT2D eigenvalue weighted by atomic mass is 16.5. The molecule has 0 bridgehead atoms. The third kappa shape index (κ3) is 4.63. The van der Waals surface area contributed by atoms with Gasteiger partial charge >= 0.3 is 0 Å². The molecule has 1 aliphatic carbocycles. The highest BCUT2D eigenvalue weighted by Gasteiger charge is 2.42. The van der Waals surface area contributed by atoms with E-state index in [-0.39, 0.29) is 11.7 Å². The second-order valence-corrected chi connectivity index (χ2v) is 8.67. The molecule has 1 saturated carbocycles. The van der Waals surface area contributed by atoms with E-state index in [0.717, 1.165) is 57.4 Å². The van der Waals surface area contributed by atoms with E-state index < -0.39 is 0 Å². The van der Waals surface area contributed by atoms with Crippen molar-refractivity contribution >= 4 is 5.91 Å². The van der Waals surface area contributed by atoms with Gasteiger partial charge in [0.15, 0.2) is 0 Å². The van der Waals surface area contributed by atoms with E-state index in [2.05, 4.69) is 16.8 Å². The van der Waals surface area contributed by atoms with Crippen molar-refractivity contribution in [3.05, 3.63) is 23.9 Å². The first-order chi connectivity index (χ1) is 13.1. The van der Waals surface area contributed by atoms with Gasteiger partial charge in [-0.2, -0.15) is 0 Å². The number of carbonyl (C=O) groups excluding carboxylic acids is 1. The van der Waals surface area contributed by atoms with Crippen LogP contribution in [0.15, 0.2) is 18.3 Å². The molecule has 5 heteroatoms. The van der Waals surface area contributed by atoms with Crippen molar-refractivity contribution in [3.8, 4) is 5.88 Å². The molecule has 3 aliphatic rings. The summed E-state index contributed by atoms with van der Waals surface area (Å²) in [7, 11) is 0. The minimum absolute atomic E-state index is 0.128. The number of aryl methyl sites for hydroxylation is 1. The first kappa shape index (κ1) is 18.7. The maximum atomic E-state index is 12.6. The van der Waals surface area contributed by atoms with Crippen LogP contribution in [-0.2, 0) is 9.53 Å². The first-order valence-corrected chi connectivity index (χ1v) is 10.6. The molecule has 5 nitrogen and oxygen atoms in total. The maximum absolute atomic E-state index is 12.6. The van der Waals surface area contributed by atoms with Crippen molar-refractivity contribution in [1.82, 2.24) is 9.88 Å². The highest BCUT2D eigenvalue weighted by molar-refractivity contribution is 5.76. The number of hydrogen-bond donors (Lipinski definition) is 0. The van der Waals surface area contributed by atoms with Crippen molar-refractivity contribution in [2.24, 2.45) is 5.92 Å². The number of nitrogens with zero attached hydrogens (tertiary/aromatic N) is 2. The van der Waals surface area contributed by atoms with Gasteiger partial charge in [0.25, 0.3) is 0 Å². The first-order valence-electron chi connectivity index (χ1n) is 10.6. The summed E-state index contributed by atoms with van der Waals surface area (Å²) in [4.78, 5) is 19.0. The molecule has 0 radical (unpaired) electrons. The Labute approximate surface area is 162 Å². The van der Waals surface area contributed by atoms with Gasteiger partial charge in [0, 0.05) is 44.6 Å². The third-order valence-electron chi connectivity index (χ3n) is 6.59. The van der Waals surface area contributed by atoms with Crippen LogP contribution in [0, 0.1) is 12.8 Å². The van der Waals surface area contributed by atoms with Crippen LogP contribution in [0.5, 0.6) is 5.88 Å². The van der Waals surface area contributed by atoms with E-state index >= 15 is 0 Å². The SMILES string of the molecule is Cc1ccnc(OC2CCOC3(CCN(C(=O)CC4CCCC4)CC3)C2)c1. The van der Waals surface area contributed by atoms with E-state index in [0.29, 0.717) is 17.7 Å². The van der Waals surface area contributed by atoms with Gasteiger partial charge in [-0.1, -0.05) is 12.8 Å². The van der Waals surface area contributed by atoms with Gasteiger partial charge in [-0.3, -0.25) is 4.79 Å². The Bertz CT molecular complexity index is 649. The molecule has 27 heavy (non-hydrogen) atoms. The summed E-state index contributed by atoms with van der Waals surface area (Å²) in [6.45, 7) is 4.42. The average molecular weight is 373 g/mol. The molecule has 3 fully saturated rings. The summed E-state index contributed by atoms with van der Waals surface area (Å²) in [5.74, 6) is 1.68. The maximum Gasteiger partial charge on any atom is 0.222 e. The van der Waals surface area contributed by atoms with Gasteiger partial charge in [0.1, 0.15) is 6.10 Å². The zero-order valence-corrected chi connectivity index (χ0v) is 16.5. The van der Waals surface area contributed by atoms with E-state index in [1.165, 1.54) is 25.7 Å². The van der Waals surface area contributed by atoms with Crippen LogP contribution in [-0.4, -0.2) is 47.2 Å². The van der Waals surface area contributed by atoms with Gasteiger partial charge in [0.2, 0.25) is 11.8 Å². The molecule has 3 heterocycles. The molecular formula is C22H32N2O3. The Balaban J connectivity index is 1.29. The van der Waals surface area contributed by atoms with Gasteiger partial charge in [-0.05, 0) is 50.2 Å². The molecule has 1 spiro atoms. The molecular weight excluding hydrogens is 340 g/mol. The normalized spacial score (nSPS) is 25.7. The molecule has 1 aromatic rings. The predicted octanol–water partition coefficient (Wildman–Crippen LogP) is 3.89. The van der Waals surface area contributed by atoms with Gasteiger partial charge in [-0.25, -0.2) is 4.98 Å². The fourth-order valence-corrected chi connectivity index (χ4v) is 4.93. The Kier molecular flexibility index (Phi) is 5.67. The van der Waals surface area contributed by atoms with Crippen molar-refractivity contribution < 1.29 is 14.3 Å². The minimum Gasteiger partial charge on any atom is -0.474 e. The lowest BCUT2D eigenvalue weighted by atomic mass is 9.83. The minimum atomic E-state index is -0.128. The van der Waals surface area contributed by atoms with Crippen LogP contribution in [0.25, 0.3) is 0 Å². The Morgan fingerprint density at radius 1 is 1.30 bits per heavy atom. The van der Waals surface area contributed by atoms with E-state index in [9.17, 15) is 4.79 Å². The lowest BCUT2D eigenvalue weighted by Crippen LogP contribution is -2.52. The zero-order valence-electron chi connectivity index (χ0n) is 16.5. The number of rotatable bonds is 4. The number of ether oxygens (including phenoxy) is 2. The number of piperidine rings is 1. The molecule has 1 atom stereocenters. The van der Waals surface area contributed by atoms with Crippen molar-refractivity contribution in [2.45, 2.75) is 76.4 Å². The standard InChI is InChI=1S/C22H32N2O3/c1-17-6-10-23-20(14-17)27-19-7-13-26-22(16-19)8-11-24(12-9-22)21(25)15-18-4-2-3-5-18/h6,10,14,18-19H,2-5,7-9,11-13,15-16H2,1H3. The summed E-state index contributed by atoms with van der Waals surface area (Å²) in [5.41, 5.74) is 1.03. The Morgan fingerprint density at radius 2 is 2.07 bits per heavy atom. The lowest BCUT2D eigenvalue weighted by Gasteiger charge is -2.46. The number of likely N-dealkylation sites (tertiary alicyclic amines) is 1. The largest absolute Gasteiger partial charge is 0.474 e. The molecule has 2 saturated heterocycles. The van der Waals surface area contributed by atoms with Gasteiger partial charge in [-0.15, -0.1) is 0 Å². The highest BCUT2D eigenvalue weighted by Crippen LogP contribution is 2.37. The summed E-state index contributed by atoms with van der Waals surface area (Å²) in [6.07, 6.45) is 11.4. The smallest absolute Gasteiger partial charge is 0.222 e. The number of aromatic nitrogens is 1. The molecule has 4 rings (SSSR count). The van der Waals surface area contributed by atoms with Crippen molar-refractivity contribution in [3.63, 3.8) is 0 Å². The molecule has 1 amide bonds. The summed E-state index contributed by atoms with van der Waals surface area (Å²) in [5, 5.41) is 0. The van der Waals surface area contributed by atoms with Crippen LogP contribution in [0.3, 0.4) is 0 Å². The summed E-state index contributed by atoms with van der Waals surface area (Å²) in [6, 6.07) is 3.98. The quantitative estimate of drug-likeness (QED) is 0.805. The summed E-state index contributed by atoms with van der Waals surface area (Å²) < 4.78 is 12.4.